The van der Waals surface area contributed by atoms with Crippen LogP contribution in [0.1, 0.15) is 17.3 Å². The maximum absolute atomic E-state index is 12.4. The molecule has 7 heteroatoms. The van der Waals surface area contributed by atoms with Crippen molar-refractivity contribution >= 4 is 23.2 Å². The first kappa shape index (κ1) is 13.8. The number of nitrogens with one attached hydrogen (secondary N) is 1. The second-order valence-electron chi connectivity index (χ2n) is 4.47. The molecule has 1 amide bonds. The van der Waals surface area contributed by atoms with E-state index in [2.05, 4.69) is 5.32 Å². The summed E-state index contributed by atoms with van der Waals surface area (Å²) in [5.74, 6) is -0.322. The Morgan fingerprint density at radius 2 is 2.32 bits per heavy atom. The first-order valence-corrected chi connectivity index (χ1v) is 6.34. The van der Waals surface area contributed by atoms with Gasteiger partial charge in [-0.15, -0.1) is 0 Å². The number of carbonyl (C=O) groups is 1. The Balaban J connectivity index is 2.35. The maximum atomic E-state index is 12.4. The van der Waals surface area contributed by atoms with Crippen molar-refractivity contribution in [2.45, 2.75) is 13.0 Å². The Kier molecular flexibility index (Phi) is 4.01. The number of benzene rings is 1. The first-order chi connectivity index (χ1) is 9.00. The van der Waals surface area contributed by atoms with E-state index in [0.29, 0.717) is 19.6 Å². The van der Waals surface area contributed by atoms with E-state index in [1.807, 2.05) is 6.92 Å². The fraction of sp³-hybridized carbons (Fsp3) is 0.417. The van der Waals surface area contributed by atoms with Gasteiger partial charge in [-0.05, 0) is 19.1 Å². The summed E-state index contributed by atoms with van der Waals surface area (Å²) in [4.78, 5) is 24.5. The van der Waals surface area contributed by atoms with Gasteiger partial charge >= 0.3 is 0 Å². The van der Waals surface area contributed by atoms with Crippen LogP contribution in [0.4, 0.5) is 5.69 Å². The predicted octanol–water partition coefficient (Wildman–Crippen LogP) is 1.68. The average molecular weight is 284 g/mol. The lowest BCUT2D eigenvalue weighted by molar-refractivity contribution is -0.385. The SMILES string of the molecule is C[C@@H]1CNCCN1C(=O)c1ccc(Cl)cc1[N+](=O)[O-]. The molecular formula is C12H14ClN3O3. The number of nitro benzene ring substituents is 1. The summed E-state index contributed by atoms with van der Waals surface area (Å²) < 4.78 is 0. The van der Waals surface area contributed by atoms with E-state index in [9.17, 15) is 14.9 Å². The fourth-order valence-electron chi connectivity index (χ4n) is 2.13. The topological polar surface area (TPSA) is 75.5 Å². The van der Waals surface area contributed by atoms with Crippen LogP contribution in [-0.2, 0) is 0 Å². The monoisotopic (exact) mass is 283 g/mol. The van der Waals surface area contributed by atoms with E-state index in [-0.39, 0.29) is 28.2 Å². The molecule has 1 fully saturated rings. The molecule has 19 heavy (non-hydrogen) atoms. The minimum Gasteiger partial charge on any atom is -0.333 e. The smallest absolute Gasteiger partial charge is 0.283 e. The maximum Gasteiger partial charge on any atom is 0.283 e. The molecule has 1 atom stereocenters. The Morgan fingerprint density at radius 1 is 1.58 bits per heavy atom. The number of carbonyl (C=O) groups excluding carboxylic acids is 1. The summed E-state index contributed by atoms with van der Waals surface area (Å²) >= 11 is 5.74. The molecule has 6 nitrogen and oxygen atoms in total. The number of hydrogen-bond donors (Lipinski definition) is 1. The molecule has 0 bridgehead atoms. The lowest BCUT2D eigenvalue weighted by Crippen LogP contribution is -2.52. The second-order valence-corrected chi connectivity index (χ2v) is 4.91. The quantitative estimate of drug-likeness (QED) is 0.662. The van der Waals surface area contributed by atoms with Crippen molar-refractivity contribution in [1.29, 1.82) is 0 Å². The summed E-state index contributed by atoms with van der Waals surface area (Å²) in [7, 11) is 0. The number of nitro groups is 1. The Hall–Kier alpha value is -1.66. The summed E-state index contributed by atoms with van der Waals surface area (Å²) in [6.07, 6.45) is 0. The molecule has 1 heterocycles. The standard InChI is InChI=1S/C12H14ClN3O3/c1-8-7-14-4-5-15(8)12(17)10-3-2-9(13)6-11(10)16(18)19/h2-3,6,8,14H,4-5,7H2,1H3/t8-/m1/s1. The van der Waals surface area contributed by atoms with Crippen LogP contribution in [0.15, 0.2) is 18.2 Å². The van der Waals surface area contributed by atoms with Crippen LogP contribution >= 0.6 is 11.6 Å². The van der Waals surface area contributed by atoms with Crippen molar-refractivity contribution in [3.05, 3.63) is 38.9 Å². The highest BCUT2D eigenvalue weighted by Gasteiger charge is 2.29. The van der Waals surface area contributed by atoms with Crippen LogP contribution in [0, 0.1) is 10.1 Å². The third-order valence-electron chi connectivity index (χ3n) is 3.15. The molecular weight excluding hydrogens is 270 g/mol. The molecule has 1 aliphatic heterocycles. The van der Waals surface area contributed by atoms with Gasteiger partial charge in [0.05, 0.1) is 4.92 Å². The molecule has 1 aromatic rings. The zero-order chi connectivity index (χ0) is 14.0. The van der Waals surface area contributed by atoms with Crippen molar-refractivity contribution in [3.63, 3.8) is 0 Å². The van der Waals surface area contributed by atoms with Gasteiger partial charge in [-0.25, -0.2) is 0 Å². The fourth-order valence-corrected chi connectivity index (χ4v) is 2.30. The van der Waals surface area contributed by atoms with E-state index in [4.69, 9.17) is 11.6 Å². The van der Waals surface area contributed by atoms with Crippen molar-refractivity contribution in [2.75, 3.05) is 19.6 Å². The molecule has 0 spiro atoms. The van der Waals surface area contributed by atoms with Gasteiger partial charge in [0.1, 0.15) is 5.56 Å². The van der Waals surface area contributed by atoms with E-state index < -0.39 is 4.92 Å². The molecule has 0 saturated carbocycles. The van der Waals surface area contributed by atoms with Gasteiger partial charge in [-0.1, -0.05) is 11.6 Å². The van der Waals surface area contributed by atoms with Crippen molar-refractivity contribution < 1.29 is 9.72 Å². The average Bonchev–Trinajstić information content (AvgIpc) is 2.38. The molecule has 102 valence electrons. The Bertz CT molecular complexity index is 521. The van der Waals surface area contributed by atoms with Crippen LogP contribution < -0.4 is 5.32 Å². The van der Waals surface area contributed by atoms with Crippen LogP contribution in [0.5, 0.6) is 0 Å². The molecule has 1 saturated heterocycles. The minimum absolute atomic E-state index is 0.0107. The Labute approximate surface area is 115 Å². The molecule has 2 rings (SSSR count). The van der Waals surface area contributed by atoms with Crippen molar-refractivity contribution in [2.24, 2.45) is 0 Å². The van der Waals surface area contributed by atoms with Gasteiger partial charge in [0.15, 0.2) is 0 Å². The van der Waals surface area contributed by atoms with Gasteiger partial charge in [0, 0.05) is 36.8 Å². The van der Waals surface area contributed by atoms with E-state index in [1.165, 1.54) is 18.2 Å². The van der Waals surface area contributed by atoms with Gasteiger partial charge in [0.2, 0.25) is 0 Å². The third kappa shape index (κ3) is 2.85. The van der Waals surface area contributed by atoms with Crippen molar-refractivity contribution in [1.82, 2.24) is 10.2 Å². The first-order valence-electron chi connectivity index (χ1n) is 5.96. The highest BCUT2D eigenvalue weighted by molar-refractivity contribution is 6.31. The molecule has 1 N–H and O–H groups in total. The van der Waals surface area contributed by atoms with Gasteiger partial charge in [-0.3, -0.25) is 14.9 Å². The number of rotatable bonds is 2. The van der Waals surface area contributed by atoms with Gasteiger partial charge in [0.25, 0.3) is 11.6 Å². The zero-order valence-corrected chi connectivity index (χ0v) is 11.2. The van der Waals surface area contributed by atoms with Gasteiger partial charge < -0.3 is 10.2 Å². The second kappa shape index (κ2) is 5.54. The minimum atomic E-state index is -0.577. The van der Waals surface area contributed by atoms with Gasteiger partial charge in [-0.2, -0.15) is 0 Å². The number of hydrogen-bond acceptors (Lipinski definition) is 4. The lowest BCUT2D eigenvalue weighted by Gasteiger charge is -2.33. The Morgan fingerprint density at radius 3 is 2.95 bits per heavy atom. The van der Waals surface area contributed by atoms with Crippen LogP contribution in [-0.4, -0.2) is 41.4 Å². The normalized spacial score (nSPS) is 19.3. The largest absolute Gasteiger partial charge is 0.333 e. The summed E-state index contributed by atoms with van der Waals surface area (Å²) in [5, 5.41) is 14.4. The highest BCUT2D eigenvalue weighted by atomic mass is 35.5. The number of amides is 1. The van der Waals surface area contributed by atoms with Crippen LogP contribution in [0.2, 0.25) is 5.02 Å². The number of piperazine rings is 1. The molecule has 0 radical (unpaired) electrons. The van der Waals surface area contributed by atoms with Crippen molar-refractivity contribution in [3.8, 4) is 0 Å². The van der Waals surface area contributed by atoms with E-state index in [0.717, 1.165) is 0 Å². The molecule has 0 aliphatic carbocycles. The highest BCUT2D eigenvalue weighted by Crippen LogP contribution is 2.25. The lowest BCUT2D eigenvalue weighted by atomic mass is 10.1. The summed E-state index contributed by atoms with van der Waals surface area (Å²) in [6, 6.07) is 4.13. The predicted molar refractivity (Wildman–Crippen MR) is 71.5 cm³/mol. The molecule has 1 aromatic carbocycles. The van der Waals surface area contributed by atoms with Crippen LogP contribution in [0.25, 0.3) is 0 Å². The zero-order valence-electron chi connectivity index (χ0n) is 10.4. The van der Waals surface area contributed by atoms with Crippen LogP contribution in [0.3, 0.4) is 0 Å². The van der Waals surface area contributed by atoms with E-state index >= 15 is 0 Å². The van der Waals surface area contributed by atoms with E-state index in [1.54, 1.807) is 4.90 Å². The third-order valence-corrected chi connectivity index (χ3v) is 3.38. The number of halogens is 1. The summed E-state index contributed by atoms with van der Waals surface area (Å²) in [5.41, 5.74) is -0.161. The molecule has 0 aromatic heterocycles. The summed E-state index contributed by atoms with van der Waals surface area (Å²) in [6.45, 7) is 3.83. The number of nitrogens with zero attached hydrogens (tertiary/aromatic N) is 2. The molecule has 1 aliphatic rings. The molecule has 0 unspecified atom stereocenters.